The Kier molecular flexibility index (Phi) is 5.89. The second kappa shape index (κ2) is 8.13. The Morgan fingerprint density at radius 1 is 1.08 bits per heavy atom. The van der Waals surface area contributed by atoms with Gasteiger partial charge in [-0.3, -0.25) is 0 Å². The van der Waals surface area contributed by atoms with Gasteiger partial charge in [-0.05, 0) is 42.8 Å². The summed E-state index contributed by atoms with van der Waals surface area (Å²) in [6.45, 7) is 1.94. The highest BCUT2D eigenvalue weighted by Gasteiger charge is 2.17. The molecule has 1 atom stereocenters. The third-order valence-corrected chi connectivity index (χ3v) is 5.20. The summed E-state index contributed by atoms with van der Waals surface area (Å²) in [5, 5.41) is 10.8. The van der Waals surface area contributed by atoms with Crippen molar-refractivity contribution in [1.82, 2.24) is 14.8 Å². The standard InChI is InChI=1S/C18H17Cl2N3OS/c1-12(24-16-5-3-4-15(20)10-16)17-21-22-18(23(17)2)25-11-13-6-8-14(19)9-7-13/h3-10,12H,11H2,1-2H3. The first-order valence-electron chi connectivity index (χ1n) is 7.71. The molecule has 25 heavy (non-hydrogen) atoms. The van der Waals surface area contributed by atoms with Gasteiger partial charge in [0, 0.05) is 22.8 Å². The van der Waals surface area contributed by atoms with E-state index in [1.54, 1.807) is 17.8 Å². The van der Waals surface area contributed by atoms with Crippen LogP contribution in [0.15, 0.2) is 53.7 Å². The quantitative estimate of drug-likeness (QED) is 0.514. The smallest absolute Gasteiger partial charge is 0.191 e. The van der Waals surface area contributed by atoms with Crippen LogP contribution in [0, 0.1) is 0 Å². The van der Waals surface area contributed by atoms with Gasteiger partial charge < -0.3 is 9.30 Å². The Morgan fingerprint density at radius 2 is 1.84 bits per heavy atom. The Bertz CT molecular complexity index is 852. The summed E-state index contributed by atoms with van der Waals surface area (Å²) in [7, 11) is 1.94. The van der Waals surface area contributed by atoms with E-state index in [4.69, 9.17) is 27.9 Å². The molecule has 0 saturated heterocycles. The van der Waals surface area contributed by atoms with E-state index in [0.29, 0.717) is 10.8 Å². The highest BCUT2D eigenvalue weighted by Crippen LogP contribution is 2.27. The van der Waals surface area contributed by atoms with E-state index in [9.17, 15) is 0 Å². The molecule has 1 unspecified atom stereocenters. The van der Waals surface area contributed by atoms with Crippen LogP contribution in [0.2, 0.25) is 10.0 Å². The van der Waals surface area contributed by atoms with Gasteiger partial charge >= 0.3 is 0 Å². The number of ether oxygens (including phenoxy) is 1. The molecule has 0 spiro atoms. The molecule has 0 radical (unpaired) electrons. The second-order valence-electron chi connectivity index (χ2n) is 5.53. The van der Waals surface area contributed by atoms with Crippen LogP contribution in [0.1, 0.15) is 24.4 Å². The molecule has 0 N–H and O–H groups in total. The molecule has 3 rings (SSSR count). The Morgan fingerprint density at radius 3 is 2.56 bits per heavy atom. The lowest BCUT2D eigenvalue weighted by molar-refractivity contribution is 0.211. The van der Waals surface area contributed by atoms with Crippen LogP contribution in [-0.4, -0.2) is 14.8 Å². The van der Waals surface area contributed by atoms with E-state index in [1.165, 1.54) is 5.56 Å². The molecule has 2 aromatic carbocycles. The molecule has 0 aliphatic carbocycles. The van der Waals surface area contributed by atoms with E-state index in [1.807, 2.05) is 61.0 Å². The van der Waals surface area contributed by atoms with E-state index in [-0.39, 0.29) is 6.10 Å². The van der Waals surface area contributed by atoms with Gasteiger partial charge in [-0.25, -0.2) is 0 Å². The number of hydrogen-bond acceptors (Lipinski definition) is 4. The maximum Gasteiger partial charge on any atom is 0.191 e. The van der Waals surface area contributed by atoms with Gasteiger partial charge in [0.05, 0.1) is 0 Å². The fourth-order valence-electron chi connectivity index (χ4n) is 2.33. The van der Waals surface area contributed by atoms with Crippen molar-refractivity contribution in [2.75, 3.05) is 0 Å². The van der Waals surface area contributed by atoms with Crippen LogP contribution < -0.4 is 4.74 Å². The zero-order valence-corrected chi connectivity index (χ0v) is 16.1. The highest BCUT2D eigenvalue weighted by molar-refractivity contribution is 7.98. The topological polar surface area (TPSA) is 39.9 Å². The molecule has 0 fully saturated rings. The van der Waals surface area contributed by atoms with E-state index >= 15 is 0 Å². The number of rotatable bonds is 6. The van der Waals surface area contributed by atoms with Crippen molar-refractivity contribution in [3.8, 4) is 5.75 Å². The minimum atomic E-state index is -0.235. The van der Waals surface area contributed by atoms with Crippen LogP contribution in [0.5, 0.6) is 5.75 Å². The maximum absolute atomic E-state index is 5.99. The largest absolute Gasteiger partial charge is 0.483 e. The molecule has 4 nitrogen and oxygen atoms in total. The summed E-state index contributed by atoms with van der Waals surface area (Å²) in [5.41, 5.74) is 1.18. The molecule has 1 aromatic heterocycles. The Hall–Kier alpha value is -1.69. The van der Waals surface area contributed by atoms with E-state index in [0.717, 1.165) is 21.8 Å². The summed E-state index contributed by atoms with van der Waals surface area (Å²) in [6.07, 6.45) is -0.235. The second-order valence-corrected chi connectivity index (χ2v) is 7.35. The molecule has 130 valence electrons. The number of hydrogen-bond donors (Lipinski definition) is 0. The van der Waals surface area contributed by atoms with Crippen molar-refractivity contribution >= 4 is 35.0 Å². The zero-order valence-electron chi connectivity index (χ0n) is 13.8. The molecule has 1 heterocycles. The Labute approximate surface area is 161 Å². The number of halogens is 2. The van der Waals surface area contributed by atoms with Gasteiger partial charge in [-0.15, -0.1) is 10.2 Å². The number of benzene rings is 2. The molecule has 0 saturated carbocycles. The normalized spacial score (nSPS) is 12.2. The average Bonchev–Trinajstić information content (AvgIpc) is 2.95. The third kappa shape index (κ3) is 4.69. The lowest BCUT2D eigenvalue weighted by Crippen LogP contribution is -2.10. The molecule has 0 aliphatic rings. The zero-order chi connectivity index (χ0) is 17.8. The van der Waals surface area contributed by atoms with E-state index < -0.39 is 0 Å². The van der Waals surface area contributed by atoms with E-state index in [2.05, 4.69) is 10.2 Å². The number of nitrogens with zero attached hydrogens (tertiary/aromatic N) is 3. The van der Waals surface area contributed by atoms with Crippen molar-refractivity contribution in [2.45, 2.75) is 23.9 Å². The highest BCUT2D eigenvalue weighted by atomic mass is 35.5. The summed E-state index contributed by atoms with van der Waals surface area (Å²) in [4.78, 5) is 0. The van der Waals surface area contributed by atoms with Crippen LogP contribution >= 0.6 is 35.0 Å². The Balaban J connectivity index is 1.66. The molecule has 7 heteroatoms. The van der Waals surface area contributed by atoms with Gasteiger partial charge in [0.2, 0.25) is 0 Å². The molecule has 0 bridgehead atoms. The predicted molar refractivity (Wildman–Crippen MR) is 103 cm³/mol. The van der Waals surface area contributed by atoms with Crippen LogP contribution in [0.3, 0.4) is 0 Å². The summed E-state index contributed by atoms with van der Waals surface area (Å²) in [5.74, 6) is 2.27. The fourth-order valence-corrected chi connectivity index (χ4v) is 3.51. The van der Waals surface area contributed by atoms with Crippen molar-refractivity contribution in [1.29, 1.82) is 0 Å². The maximum atomic E-state index is 5.99. The van der Waals surface area contributed by atoms with Gasteiger partial charge in [0.15, 0.2) is 17.1 Å². The number of thioether (sulfide) groups is 1. The van der Waals surface area contributed by atoms with Gasteiger partial charge in [0.25, 0.3) is 0 Å². The van der Waals surface area contributed by atoms with Gasteiger partial charge in [0.1, 0.15) is 5.75 Å². The lowest BCUT2D eigenvalue weighted by Gasteiger charge is -2.14. The SMILES string of the molecule is CC(Oc1cccc(Cl)c1)c1nnc(SCc2ccc(Cl)cc2)n1C. The van der Waals surface area contributed by atoms with Crippen LogP contribution in [0.25, 0.3) is 0 Å². The minimum absolute atomic E-state index is 0.235. The van der Waals surface area contributed by atoms with Crippen LogP contribution in [-0.2, 0) is 12.8 Å². The first-order valence-corrected chi connectivity index (χ1v) is 9.46. The molecular formula is C18H17Cl2N3OS. The van der Waals surface area contributed by atoms with Crippen molar-refractivity contribution in [2.24, 2.45) is 7.05 Å². The first-order chi connectivity index (χ1) is 12.0. The minimum Gasteiger partial charge on any atom is -0.483 e. The monoisotopic (exact) mass is 393 g/mol. The average molecular weight is 394 g/mol. The van der Waals surface area contributed by atoms with Gasteiger partial charge in [-0.2, -0.15) is 0 Å². The summed E-state index contributed by atoms with van der Waals surface area (Å²) >= 11 is 13.5. The molecule has 0 amide bonds. The summed E-state index contributed by atoms with van der Waals surface area (Å²) in [6, 6.07) is 15.1. The lowest BCUT2D eigenvalue weighted by atomic mass is 10.2. The van der Waals surface area contributed by atoms with Crippen molar-refractivity contribution < 1.29 is 4.74 Å². The first kappa shape index (κ1) is 18.1. The molecule has 3 aromatic rings. The van der Waals surface area contributed by atoms with Crippen molar-refractivity contribution in [3.05, 3.63) is 70.0 Å². The predicted octanol–water partition coefficient (Wildman–Crippen LogP) is 5.55. The summed E-state index contributed by atoms with van der Waals surface area (Å²) < 4.78 is 7.87. The fraction of sp³-hybridized carbons (Fsp3) is 0.222. The molecule has 0 aliphatic heterocycles. The molecular weight excluding hydrogens is 377 g/mol. The van der Waals surface area contributed by atoms with Crippen molar-refractivity contribution in [3.63, 3.8) is 0 Å². The number of aromatic nitrogens is 3. The van der Waals surface area contributed by atoms with Gasteiger partial charge in [-0.1, -0.05) is 53.2 Å². The van der Waals surface area contributed by atoms with Crippen LogP contribution in [0.4, 0.5) is 0 Å². The third-order valence-electron chi connectivity index (χ3n) is 3.62.